The first-order valence-electron chi connectivity index (χ1n) is 6.87. The fourth-order valence-corrected chi connectivity index (χ4v) is 2.65. The SMILES string of the molecule is CCc1cccc(CC)c1CN1CCNCC1. The standard InChI is InChI=1S/C15H24N2/c1-3-13-6-5-7-14(4-2)15(13)12-17-10-8-16-9-11-17/h5-7,16H,3-4,8-12H2,1-2H3. The van der Waals surface area contributed by atoms with Gasteiger partial charge in [0.2, 0.25) is 0 Å². The second-order valence-corrected chi connectivity index (χ2v) is 4.79. The number of rotatable bonds is 4. The van der Waals surface area contributed by atoms with Crippen LogP contribution in [0.4, 0.5) is 0 Å². The maximum atomic E-state index is 3.42. The van der Waals surface area contributed by atoms with Crippen LogP contribution in [0.3, 0.4) is 0 Å². The number of piperazine rings is 1. The molecule has 0 radical (unpaired) electrons. The molecule has 2 heteroatoms. The topological polar surface area (TPSA) is 15.3 Å². The van der Waals surface area contributed by atoms with E-state index in [2.05, 4.69) is 42.3 Å². The van der Waals surface area contributed by atoms with Crippen LogP contribution in [0.2, 0.25) is 0 Å². The van der Waals surface area contributed by atoms with Crippen LogP contribution in [0.15, 0.2) is 18.2 Å². The highest BCUT2D eigenvalue weighted by Crippen LogP contribution is 2.19. The second-order valence-electron chi connectivity index (χ2n) is 4.79. The Morgan fingerprint density at radius 1 is 1.06 bits per heavy atom. The fourth-order valence-electron chi connectivity index (χ4n) is 2.65. The van der Waals surface area contributed by atoms with Crippen molar-refractivity contribution in [2.45, 2.75) is 33.2 Å². The Morgan fingerprint density at radius 3 is 2.18 bits per heavy atom. The third-order valence-electron chi connectivity index (χ3n) is 3.72. The van der Waals surface area contributed by atoms with Gasteiger partial charge in [0.05, 0.1) is 0 Å². The highest BCUT2D eigenvalue weighted by molar-refractivity contribution is 5.35. The lowest BCUT2D eigenvalue weighted by Gasteiger charge is -2.29. The van der Waals surface area contributed by atoms with Gasteiger partial charge in [0.15, 0.2) is 0 Å². The Labute approximate surface area is 105 Å². The van der Waals surface area contributed by atoms with E-state index < -0.39 is 0 Å². The number of hydrogen-bond acceptors (Lipinski definition) is 2. The van der Waals surface area contributed by atoms with Crippen LogP contribution < -0.4 is 5.32 Å². The molecule has 1 fully saturated rings. The van der Waals surface area contributed by atoms with Gasteiger partial charge in [-0.2, -0.15) is 0 Å². The molecule has 0 aromatic heterocycles. The molecule has 0 spiro atoms. The molecule has 0 atom stereocenters. The van der Waals surface area contributed by atoms with E-state index in [9.17, 15) is 0 Å². The first kappa shape index (κ1) is 12.6. The summed E-state index contributed by atoms with van der Waals surface area (Å²) < 4.78 is 0. The molecule has 1 aromatic carbocycles. The van der Waals surface area contributed by atoms with E-state index in [0.29, 0.717) is 0 Å². The number of nitrogens with zero attached hydrogens (tertiary/aromatic N) is 1. The molecular weight excluding hydrogens is 208 g/mol. The minimum atomic E-state index is 1.13. The van der Waals surface area contributed by atoms with Crippen molar-refractivity contribution in [1.29, 1.82) is 0 Å². The van der Waals surface area contributed by atoms with E-state index in [-0.39, 0.29) is 0 Å². The minimum Gasteiger partial charge on any atom is -0.314 e. The van der Waals surface area contributed by atoms with Gasteiger partial charge in [-0.05, 0) is 29.5 Å². The summed E-state index contributed by atoms with van der Waals surface area (Å²) in [6.45, 7) is 10.3. The summed E-state index contributed by atoms with van der Waals surface area (Å²) in [6, 6.07) is 6.78. The van der Waals surface area contributed by atoms with Crippen LogP contribution in [0, 0.1) is 0 Å². The van der Waals surface area contributed by atoms with E-state index >= 15 is 0 Å². The average Bonchev–Trinajstić information content (AvgIpc) is 2.40. The van der Waals surface area contributed by atoms with Gasteiger partial charge < -0.3 is 5.32 Å². The first-order valence-corrected chi connectivity index (χ1v) is 6.87. The van der Waals surface area contributed by atoms with E-state index in [0.717, 1.165) is 32.5 Å². The van der Waals surface area contributed by atoms with Crippen LogP contribution >= 0.6 is 0 Å². The molecule has 0 unspecified atom stereocenters. The van der Waals surface area contributed by atoms with Crippen molar-refractivity contribution in [3.8, 4) is 0 Å². The van der Waals surface area contributed by atoms with Crippen LogP contribution in [-0.2, 0) is 19.4 Å². The van der Waals surface area contributed by atoms with E-state index in [4.69, 9.17) is 0 Å². The van der Waals surface area contributed by atoms with Crippen LogP contribution in [-0.4, -0.2) is 31.1 Å². The lowest BCUT2D eigenvalue weighted by atomic mass is 9.97. The summed E-state index contributed by atoms with van der Waals surface area (Å²) in [7, 11) is 0. The van der Waals surface area contributed by atoms with Gasteiger partial charge in [-0.1, -0.05) is 32.0 Å². The first-order chi connectivity index (χ1) is 8.35. The summed E-state index contributed by atoms with van der Waals surface area (Å²) in [4.78, 5) is 2.57. The van der Waals surface area contributed by atoms with Crippen molar-refractivity contribution < 1.29 is 0 Å². The molecule has 0 amide bonds. The third-order valence-corrected chi connectivity index (χ3v) is 3.72. The van der Waals surface area contributed by atoms with Gasteiger partial charge in [0.25, 0.3) is 0 Å². The molecule has 0 saturated carbocycles. The minimum absolute atomic E-state index is 1.13. The summed E-state index contributed by atoms with van der Waals surface area (Å²) in [6.07, 6.45) is 2.30. The molecule has 1 heterocycles. The summed E-state index contributed by atoms with van der Waals surface area (Å²) >= 11 is 0. The van der Waals surface area contributed by atoms with E-state index in [1.54, 1.807) is 5.56 Å². The van der Waals surface area contributed by atoms with Crippen LogP contribution in [0.25, 0.3) is 0 Å². The van der Waals surface area contributed by atoms with E-state index in [1.807, 2.05) is 0 Å². The van der Waals surface area contributed by atoms with Crippen molar-refractivity contribution >= 4 is 0 Å². The van der Waals surface area contributed by atoms with Gasteiger partial charge in [-0.3, -0.25) is 4.90 Å². The molecule has 0 bridgehead atoms. The monoisotopic (exact) mass is 232 g/mol. The normalized spacial score (nSPS) is 17.3. The van der Waals surface area contributed by atoms with Gasteiger partial charge in [0, 0.05) is 32.7 Å². The maximum absolute atomic E-state index is 3.42. The van der Waals surface area contributed by atoms with Gasteiger partial charge >= 0.3 is 0 Å². The molecular formula is C15H24N2. The Morgan fingerprint density at radius 2 is 1.65 bits per heavy atom. The molecule has 1 N–H and O–H groups in total. The number of aryl methyl sites for hydroxylation is 2. The average molecular weight is 232 g/mol. The Balaban J connectivity index is 2.16. The zero-order valence-corrected chi connectivity index (χ0v) is 11.1. The lowest BCUT2D eigenvalue weighted by Crippen LogP contribution is -2.43. The molecule has 17 heavy (non-hydrogen) atoms. The summed E-state index contributed by atoms with van der Waals surface area (Å²) in [5, 5.41) is 3.42. The molecule has 1 aliphatic rings. The largest absolute Gasteiger partial charge is 0.314 e. The molecule has 94 valence electrons. The smallest absolute Gasteiger partial charge is 0.0240 e. The van der Waals surface area contributed by atoms with Crippen LogP contribution in [0.5, 0.6) is 0 Å². The molecule has 2 rings (SSSR count). The third kappa shape index (κ3) is 3.08. The molecule has 1 aromatic rings. The van der Waals surface area contributed by atoms with Gasteiger partial charge in [0.1, 0.15) is 0 Å². The van der Waals surface area contributed by atoms with Gasteiger partial charge in [-0.15, -0.1) is 0 Å². The Bertz CT molecular complexity index is 332. The van der Waals surface area contributed by atoms with Crippen molar-refractivity contribution in [2.75, 3.05) is 26.2 Å². The number of hydrogen-bond donors (Lipinski definition) is 1. The molecule has 1 saturated heterocycles. The van der Waals surface area contributed by atoms with Crippen molar-refractivity contribution in [3.05, 3.63) is 34.9 Å². The lowest BCUT2D eigenvalue weighted by molar-refractivity contribution is 0.232. The van der Waals surface area contributed by atoms with Crippen molar-refractivity contribution in [3.63, 3.8) is 0 Å². The zero-order chi connectivity index (χ0) is 12.1. The Hall–Kier alpha value is -0.860. The highest BCUT2D eigenvalue weighted by atomic mass is 15.2. The zero-order valence-electron chi connectivity index (χ0n) is 11.1. The summed E-state index contributed by atoms with van der Waals surface area (Å²) in [5.74, 6) is 0. The molecule has 1 aliphatic heterocycles. The summed E-state index contributed by atoms with van der Waals surface area (Å²) in [5.41, 5.74) is 4.64. The van der Waals surface area contributed by atoms with Gasteiger partial charge in [-0.25, -0.2) is 0 Å². The van der Waals surface area contributed by atoms with E-state index in [1.165, 1.54) is 24.2 Å². The predicted molar refractivity (Wildman–Crippen MR) is 73.3 cm³/mol. The fraction of sp³-hybridized carbons (Fsp3) is 0.600. The quantitative estimate of drug-likeness (QED) is 0.856. The molecule has 2 nitrogen and oxygen atoms in total. The molecule has 0 aliphatic carbocycles. The van der Waals surface area contributed by atoms with Crippen molar-refractivity contribution in [2.24, 2.45) is 0 Å². The maximum Gasteiger partial charge on any atom is 0.0240 e. The predicted octanol–water partition coefficient (Wildman–Crippen LogP) is 2.22. The number of benzene rings is 1. The second kappa shape index (κ2) is 6.18. The highest BCUT2D eigenvalue weighted by Gasteiger charge is 2.13. The van der Waals surface area contributed by atoms with Crippen molar-refractivity contribution in [1.82, 2.24) is 10.2 Å². The number of nitrogens with one attached hydrogen (secondary N) is 1. The Kier molecular flexibility index (Phi) is 4.57. The van der Waals surface area contributed by atoms with Crippen LogP contribution in [0.1, 0.15) is 30.5 Å².